The third kappa shape index (κ3) is 3.85. The third-order valence-corrected chi connectivity index (χ3v) is 4.24. The number of benzene rings is 1. The van der Waals surface area contributed by atoms with Crippen LogP contribution < -0.4 is 4.74 Å². The Kier molecular flexibility index (Phi) is 4.03. The van der Waals surface area contributed by atoms with Gasteiger partial charge in [0, 0.05) is 23.5 Å². The number of nitro benzene ring substituents is 1. The predicted molar refractivity (Wildman–Crippen MR) is 69.7 cm³/mol. The van der Waals surface area contributed by atoms with Gasteiger partial charge in [0.05, 0.1) is 17.1 Å². The number of nitrogens with zero attached hydrogens (tertiary/aromatic N) is 1. The van der Waals surface area contributed by atoms with Gasteiger partial charge in [0.15, 0.2) is 9.84 Å². The number of allylic oxidation sites excluding steroid dienone is 1. The van der Waals surface area contributed by atoms with Gasteiger partial charge in [-0.3, -0.25) is 14.9 Å². The molecule has 9 heteroatoms. The highest BCUT2D eigenvalue weighted by atomic mass is 32.2. The van der Waals surface area contributed by atoms with Crippen LogP contribution in [0.25, 0.3) is 0 Å². The number of halogens is 1. The minimum atomic E-state index is -3.30. The number of hydrogen-bond donors (Lipinski definition) is 0. The van der Waals surface area contributed by atoms with Crippen molar-refractivity contribution in [3.05, 3.63) is 45.6 Å². The molecule has 0 fully saturated rings. The Bertz CT molecular complexity index is 727. The lowest BCUT2D eigenvalue weighted by Crippen LogP contribution is -2.16. The highest BCUT2D eigenvalue weighted by molar-refractivity contribution is 7.94. The van der Waals surface area contributed by atoms with Gasteiger partial charge in [-0.25, -0.2) is 12.8 Å². The van der Waals surface area contributed by atoms with Crippen molar-refractivity contribution in [3.63, 3.8) is 0 Å². The summed E-state index contributed by atoms with van der Waals surface area (Å²) < 4.78 is 40.2. The van der Waals surface area contributed by atoms with E-state index in [2.05, 4.69) is 0 Å². The van der Waals surface area contributed by atoms with E-state index in [1.165, 1.54) is 6.08 Å². The molecule has 112 valence electrons. The molecule has 0 radical (unpaired) electrons. The van der Waals surface area contributed by atoms with Crippen LogP contribution in [0.3, 0.4) is 0 Å². The molecule has 0 aromatic heterocycles. The molecule has 0 saturated carbocycles. The van der Waals surface area contributed by atoms with Crippen LogP contribution >= 0.6 is 0 Å². The highest BCUT2D eigenvalue weighted by Gasteiger charge is 2.26. The fraction of sp³-hybridized carbons (Fsp3) is 0.250. The molecule has 0 aliphatic carbocycles. The number of esters is 1. The maximum atomic E-state index is 13.1. The molecule has 0 spiro atoms. The normalized spacial score (nSPS) is 19.4. The van der Waals surface area contributed by atoms with Crippen LogP contribution in [0.5, 0.6) is 5.75 Å². The largest absolute Gasteiger partial charge is 0.419 e. The molecule has 1 aliphatic rings. The monoisotopic (exact) mass is 315 g/mol. The third-order valence-electron chi connectivity index (χ3n) is 2.78. The van der Waals surface area contributed by atoms with Gasteiger partial charge >= 0.3 is 11.7 Å². The maximum Gasteiger partial charge on any atom is 0.312 e. The molecule has 0 N–H and O–H groups in total. The Morgan fingerprint density at radius 2 is 2.19 bits per heavy atom. The first kappa shape index (κ1) is 15.1. The Hall–Kier alpha value is -2.29. The zero-order chi connectivity index (χ0) is 15.6. The second kappa shape index (κ2) is 5.60. The fourth-order valence-electron chi connectivity index (χ4n) is 1.87. The zero-order valence-electron chi connectivity index (χ0n) is 10.6. The number of hydrogen-bond acceptors (Lipinski definition) is 6. The van der Waals surface area contributed by atoms with Crippen LogP contribution in [0.15, 0.2) is 29.7 Å². The summed E-state index contributed by atoms with van der Waals surface area (Å²) in [5.74, 6) is -2.92. The average Bonchev–Trinajstić information content (AvgIpc) is 2.67. The maximum absolute atomic E-state index is 13.1. The van der Waals surface area contributed by atoms with Crippen LogP contribution in [0.4, 0.5) is 10.1 Å². The molecule has 1 atom stereocenters. The van der Waals surface area contributed by atoms with Crippen LogP contribution in [-0.4, -0.2) is 25.1 Å². The van der Waals surface area contributed by atoms with Crippen molar-refractivity contribution in [1.29, 1.82) is 0 Å². The van der Waals surface area contributed by atoms with Crippen LogP contribution in [-0.2, 0) is 14.6 Å². The topological polar surface area (TPSA) is 104 Å². The number of carbonyl (C=O) groups is 1. The fourth-order valence-corrected chi connectivity index (χ4v) is 3.26. The average molecular weight is 315 g/mol. The van der Waals surface area contributed by atoms with E-state index in [4.69, 9.17) is 4.74 Å². The van der Waals surface area contributed by atoms with Gasteiger partial charge in [-0.2, -0.15) is 0 Å². The minimum Gasteiger partial charge on any atom is -0.419 e. The molecule has 0 bridgehead atoms. The molecule has 1 aliphatic heterocycles. The van der Waals surface area contributed by atoms with Gasteiger partial charge < -0.3 is 4.74 Å². The van der Waals surface area contributed by atoms with Crippen molar-refractivity contribution < 1.29 is 27.3 Å². The van der Waals surface area contributed by atoms with Gasteiger partial charge in [0.25, 0.3) is 0 Å². The van der Waals surface area contributed by atoms with Crippen molar-refractivity contribution in [2.75, 3.05) is 5.75 Å². The Morgan fingerprint density at radius 1 is 1.48 bits per heavy atom. The summed E-state index contributed by atoms with van der Waals surface area (Å²) in [4.78, 5) is 21.6. The molecule has 1 heterocycles. The molecule has 0 saturated heterocycles. The first-order valence-corrected chi connectivity index (χ1v) is 7.54. The molecule has 7 nitrogen and oxygen atoms in total. The van der Waals surface area contributed by atoms with E-state index < -0.39 is 43.9 Å². The van der Waals surface area contributed by atoms with Gasteiger partial charge in [0.1, 0.15) is 5.82 Å². The first-order valence-electron chi connectivity index (χ1n) is 5.82. The van der Waals surface area contributed by atoms with Crippen LogP contribution in [0.1, 0.15) is 6.42 Å². The lowest BCUT2D eigenvalue weighted by molar-refractivity contribution is -0.385. The van der Waals surface area contributed by atoms with Gasteiger partial charge in [0.2, 0.25) is 5.75 Å². The summed E-state index contributed by atoms with van der Waals surface area (Å²) in [6, 6.07) is 2.50. The van der Waals surface area contributed by atoms with Gasteiger partial charge in [-0.1, -0.05) is 6.08 Å². The minimum absolute atomic E-state index is 0.215. The number of ether oxygens (including phenoxy) is 1. The van der Waals surface area contributed by atoms with Crippen LogP contribution in [0.2, 0.25) is 0 Å². The van der Waals surface area contributed by atoms with Crippen molar-refractivity contribution in [2.24, 2.45) is 5.92 Å². The number of sulfone groups is 1. The highest BCUT2D eigenvalue weighted by Crippen LogP contribution is 2.28. The molecule has 2 rings (SSSR count). The number of rotatable bonds is 4. The van der Waals surface area contributed by atoms with E-state index in [0.717, 1.165) is 23.6 Å². The van der Waals surface area contributed by atoms with Crippen molar-refractivity contribution in [2.45, 2.75) is 6.42 Å². The molecule has 1 aromatic rings. The lowest BCUT2D eigenvalue weighted by atomic mass is 10.1. The first-order chi connectivity index (χ1) is 9.77. The predicted octanol–water partition coefficient (Wildman–Crippen LogP) is 1.59. The summed E-state index contributed by atoms with van der Waals surface area (Å²) in [6.07, 6.45) is 1.10. The van der Waals surface area contributed by atoms with Crippen molar-refractivity contribution in [3.8, 4) is 5.75 Å². The summed E-state index contributed by atoms with van der Waals surface area (Å²) in [5.41, 5.74) is -0.542. The van der Waals surface area contributed by atoms with E-state index in [1.54, 1.807) is 0 Å². The Balaban J connectivity index is 2.08. The van der Waals surface area contributed by atoms with E-state index in [-0.39, 0.29) is 12.2 Å². The van der Waals surface area contributed by atoms with E-state index in [9.17, 15) is 27.7 Å². The Morgan fingerprint density at radius 3 is 2.76 bits per heavy atom. The molecular formula is C12H10FNO6S. The SMILES string of the molecule is O=C(C[C@@H]1C=CS(=O)(=O)C1)Oc1cc(F)ccc1[N+](=O)[O-]. The summed E-state index contributed by atoms with van der Waals surface area (Å²) >= 11 is 0. The van der Waals surface area contributed by atoms with E-state index in [0.29, 0.717) is 0 Å². The van der Waals surface area contributed by atoms with E-state index in [1.807, 2.05) is 0 Å². The molecule has 0 amide bonds. The Labute approximate surface area is 119 Å². The molecule has 21 heavy (non-hydrogen) atoms. The summed E-state index contributed by atoms with van der Waals surface area (Å²) in [7, 11) is -3.30. The smallest absolute Gasteiger partial charge is 0.312 e. The van der Waals surface area contributed by atoms with E-state index >= 15 is 0 Å². The zero-order valence-corrected chi connectivity index (χ0v) is 11.4. The van der Waals surface area contributed by atoms with Crippen molar-refractivity contribution in [1.82, 2.24) is 0 Å². The standard InChI is InChI=1S/C12H10FNO6S/c13-9-1-2-10(14(16)17)11(6-9)20-12(15)5-8-3-4-21(18,19)7-8/h1-4,6,8H,5,7H2/t8-/m0/s1. The second-order valence-electron chi connectivity index (χ2n) is 4.47. The summed E-state index contributed by atoms with van der Waals surface area (Å²) in [6.45, 7) is 0. The van der Waals surface area contributed by atoms with Gasteiger partial charge in [-0.05, 0) is 6.07 Å². The quantitative estimate of drug-likeness (QED) is 0.362. The summed E-state index contributed by atoms with van der Waals surface area (Å²) in [5, 5.41) is 11.8. The second-order valence-corrected chi connectivity index (χ2v) is 6.40. The molecule has 0 unspecified atom stereocenters. The number of carbonyl (C=O) groups excluding carboxylic acids is 1. The van der Waals surface area contributed by atoms with Crippen LogP contribution in [0, 0.1) is 21.8 Å². The van der Waals surface area contributed by atoms with Gasteiger partial charge in [-0.15, -0.1) is 0 Å². The molecule has 1 aromatic carbocycles. The van der Waals surface area contributed by atoms with Crippen molar-refractivity contribution >= 4 is 21.5 Å². The number of nitro groups is 1. The lowest BCUT2D eigenvalue weighted by Gasteiger charge is -2.07. The molecular weight excluding hydrogens is 305 g/mol.